The van der Waals surface area contributed by atoms with Crippen LogP contribution in [0.3, 0.4) is 0 Å². The van der Waals surface area contributed by atoms with Crippen LogP contribution in [0.1, 0.15) is 10.4 Å². The second kappa shape index (κ2) is 5.91. The molecule has 0 bridgehead atoms. The predicted octanol–water partition coefficient (Wildman–Crippen LogP) is 4.85. The maximum atomic E-state index is 12.0. The lowest BCUT2D eigenvalue weighted by Crippen LogP contribution is -2.11. The number of rotatable bonds is 2. The van der Waals surface area contributed by atoms with Crippen LogP contribution >= 0.6 is 45.8 Å². The summed E-state index contributed by atoms with van der Waals surface area (Å²) in [6.07, 6.45) is 0. The van der Waals surface area contributed by atoms with E-state index in [-0.39, 0.29) is 5.91 Å². The first kappa shape index (κ1) is 13.6. The summed E-state index contributed by atoms with van der Waals surface area (Å²) < 4.78 is 1.11. The van der Waals surface area contributed by atoms with Gasteiger partial charge in [0.05, 0.1) is 0 Å². The molecule has 0 aliphatic carbocycles. The van der Waals surface area contributed by atoms with Crippen molar-refractivity contribution in [1.29, 1.82) is 0 Å². The highest BCUT2D eigenvalue weighted by molar-refractivity contribution is 14.1. The summed E-state index contributed by atoms with van der Waals surface area (Å²) in [5, 5.41) is 3.66. The van der Waals surface area contributed by atoms with Crippen LogP contribution in [-0.4, -0.2) is 5.91 Å². The summed E-state index contributed by atoms with van der Waals surface area (Å²) in [4.78, 5) is 12.0. The average Bonchev–Trinajstić information content (AvgIpc) is 2.31. The summed E-state index contributed by atoms with van der Waals surface area (Å²) in [7, 11) is 0. The fraction of sp³-hybridized carbons (Fsp3) is 0. The van der Waals surface area contributed by atoms with Crippen LogP contribution in [0.5, 0.6) is 0 Å². The van der Waals surface area contributed by atoms with Gasteiger partial charge in [0.1, 0.15) is 0 Å². The molecule has 2 rings (SSSR count). The number of hydrogen-bond donors (Lipinski definition) is 1. The van der Waals surface area contributed by atoms with Crippen molar-refractivity contribution in [3.05, 3.63) is 61.6 Å². The van der Waals surface area contributed by atoms with Crippen molar-refractivity contribution in [3.63, 3.8) is 0 Å². The van der Waals surface area contributed by atoms with Crippen molar-refractivity contribution >= 4 is 57.4 Å². The minimum atomic E-state index is -0.236. The number of nitrogens with one attached hydrogen (secondary N) is 1. The number of halogens is 3. The molecule has 2 nitrogen and oxygen atoms in total. The minimum Gasteiger partial charge on any atom is -0.322 e. The van der Waals surface area contributed by atoms with Crippen LogP contribution < -0.4 is 5.32 Å². The van der Waals surface area contributed by atoms with Crippen molar-refractivity contribution in [1.82, 2.24) is 0 Å². The monoisotopic (exact) mass is 391 g/mol. The van der Waals surface area contributed by atoms with Gasteiger partial charge in [0.2, 0.25) is 0 Å². The second-order valence-corrected chi connectivity index (χ2v) is 5.74. The molecule has 0 unspecified atom stereocenters. The molecule has 0 aromatic heterocycles. The molecular formula is C13H8Cl2INO. The van der Waals surface area contributed by atoms with Crippen molar-refractivity contribution in [2.24, 2.45) is 0 Å². The molecule has 5 heteroatoms. The van der Waals surface area contributed by atoms with Crippen LogP contribution in [0.15, 0.2) is 42.5 Å². The van der Waals surface area contributed by atoms with Gasteiger partial charge in [-0.25, -0.2) is 0 Å². The fourth-order valence-corrected chi connectivity index (χ4v) is 2.31. The molecule has 0 aliphatic rings. The Kier molecular flexibility index (Phi) is 4.48. The van der Waals surface area contributed by atoms with E-state index in [1.165, 1.54) is 0 Å². The minimum absolute atomic E-state index is 0.236. The van der Waals surface area contributed by atoms with Gasteiger partial charge in [-0.15, -0.1) is 0 Å². The molecule has 0 saturated carbocycles. The topological polar surface area (TPSA) is 29.1 Å². The third-order valence-electron chi connectivity index (χ3n) is 2.23. The van der Waals surface area contributed by atoms with Crippen LogP contribution in [0, 0.1) is 3.57 Å². The number of carbonyl (C=O) groups excluding carboxylic acids is 1. The van der Waals surface area contributed by atoms with Crippen molar-refractivity contribution in [3.8, 4) is 0 Å². The summed E-state index contributed by atoms with van der Waals surface area (Å²) in [6, 6.07) is 12.3. The molecular weight excluding hydrogens is 384 g/mol. The van der Waals surface area contributed by atoms with E-state index in [9.17, 15) is 4.79 Å². The molecule has 18 heavy (non-hydrogen) atoms. The SMILES string of the molecule is O=C(Nc1ccc(I)cc1)c1cc(Cl)cc(Cl)c1. The summed E-state index contributed by atoms with van der Waals surface area (Å²) in [5.74, 6) is -0.236. The van der Waals surface area contributed by atoms with Crippen molar-refractivity contribution < 1.29 is 4.79 Å². The Morgan fingerprint density at radius 1 is 1.00 bits per heavy atom. The van der Waals surface area contributed by atoms with Crippen LogP contribution in [0.25, 0.3) is 0 Å². The van der Waals surface area contributed by atoms with Gasteiger partial charge >= 0.3 is 0 Å². The number of benzene rings is 2. The highest BCUT2D eigenvalue weighted by atomic mass is 127. The Balaban J connectivity index is 2.19. The van der Waals surface area contributed by atoms with Gasteiger partial charge in [0, 0.05) is 24.9 Å². The van der Waals surface area contributed by atoms with Gasteiger partial charge in [-0.2, -0.15) is 0 Å². The number of hydrogen-bond acceptors (Lipinski definition) is 1. The van der Waals surface area contributed by atoms with Crippen LogP contribution in [0.4, 0.5) is 5.69 Å². The standard InChI is InChI=1S/C13H8Cl2INO/c14-9-5-8(6-10(15)7-9)13(18)17-12-3-1-11(16)2-4-12/h1-7H,(H,17,18). The number of carbonyl (C=O) groups is 1. The molecule has 1 N–H and O–H groups in total. The fourth-order valence-electron chi connectivity index (χ4n) is 1.42. The first-order valence-corrected chi connectivity index (χ1v) is 6.91. The molecule has 1 amide bonds. The van der Waals surface area contributed by atoms with Crippen molar-refractivity contribution in [2.75, 3.05) is 5.32 Å². The summed E-state index contributed by atoms with van der Waals surface area (Å²) in [6.45, 7) is 0. The normalized spacial score (nSPS) is 10.2. The molecule has 0 spiro atoms. The Morgan fingerprint density at radius 3 is 2.11 bits per heavy atom. The first-order chi connectivity index (χ1) is 8.54. The Bertz CT molecular complexity index is 564. The Morgan fingerprint density at radius 2 is 1.56 bits per heavy atom. The van der Waals surface area contributed by atoms with Gasteiger partial charge in [0.25, 0.3) is 5.91 Å². The molecule has 2 aromatic carbocycles. The zero-order valence-electron chi connectivity index (χ0n) is 9.08. The third-order valence-corrected chi connectivity index (χ3v) is 3.38. The largest absolute Gasteiger partial charge is 0.322 e. The number of anilines is 1. The predicted molar refractivity (Wildman–Crippen MR) is 83.6 cm³/mol. The maximum absolute atomic E-state index is 12.0. The second-order valence-electron chi connectivity index (χ2n) is 3.62. The molecule has 0 heterocycles. The van der Waals surface area contributed by atoms with Gasteiger partial charge in [-0.1, -0.05) is 23.2 Å². The third kappa shape index (κ3) is 3.60. The summed E-state index contributed by atoms with van der Waals surface area (Å²) >= 11 is 13.9. The quantitative estimate of drug-likeness (QED) is 0.728. The van der Waals surface area contributed by atoms with Gasteiger partial charge in [0.15, 0.2) is 0 Å². The molecule has 0 fully saturated rings. The summed E-state index contributed by atoms with van der Waals surface area (Å²) in [5.41, 5.74) is 1.17. The van der Waals surface area contributed by atoms with E-state index in [0.29, 0.717) is 15.6 Å². The zero-order valence-corrected chi connectivity index (χ0v) is 12.8. The highest BCUT2D eigenvalue weighted by Gasteiger charge is 2.08. The molecule has 0 aliphatic heterocycles. The van der Waals surface area contributed by atoms with E-state index in [0.717, 1.165) is 9.26 Å². The molecule has 0 saturated heterocycles. The Hall–Kier alpha value is -0.780. The molecule has 92 valence electrons. The number of amides is 1. The highest BCUT2D eigenvalue weighted by Crippen LogP contribution is 2.20. The average molecular weight is 392 g/mol. The van der Waals surface area contributed by atoms with Gasteiger partial charge in [-0.3, -0.25) is 4.79 Å². The van der Waals surface area contributed by atoms with Crippen LogP contribution in [-0.2, 0) is 0 Å². The zero-order chi connectivity index (χ0) is 13.1. The molecule has 2 aromatic rings. The van der Waals surface area contributed by atoms with E-state index in [2.05, 4.69) is 27.9 Å². The smallest absolute Gasteiger partial charge is 0.255 e. The van der Waals surface area contributed by atoms with Gasteiger partial charge < -0.3 is 5.32 Å². The van der Waals surface area contributed by atoms with E-state index in [1.54, 1.807) is 18.2 Å². The van der Waals surface area contributed by atoms with Crippen LogP contribution in [0.2, 0.25) is 10.0 Å². The first-order valence-electron chi connectivity index (χ1n) is 5.07. The van der Waals surface area contributed by atoms with E-state index in [1.807, 2.05) is 24.3 Å². The van der Waals surface area contributed by atoms with E-state index >= 15 is 0 Å². The lowest BCUT2D eigenvalue weighted by atomic mass is 10.2. The van der Waals surface area contributed by atoms with E-state index < -0.39 is 0 Å². The Labute approximate surface area is 128 Å². The van der Waals surface area contributed by atoms with Gasteiger partial charge in [-0.05, 0) is 65.1 Å². The lowest BCUT2D eigenvalue weighted by Gasteiger charge is -2.06. The van der Waals surface area contributed by atoms with E-state index in [4.69, 9.17) is 23.2 Å². The molecule has 0 atom stereocenters. The van der Waals surface area contributed by atoms with Crippen molar-refractivity contribution in [2.45, 2.75) is 0 Å². The maximum Gasteiger partial charge on any atom is 0.255 e. The molecule has 0 radical (unpaired) electrons. The lowest BCUT2D eigenvalue weighted by molar-refractivity contribution is 0.102.